The number of carboxylic acids is 1. The summed E-state index contributed by atoms with van der Waals surface area (Å²) >= 11 is 0. The van der Waals surface area contributed by atoms with Gasteiger partial charge in [-0.2, -0.15) is 0 Å². The second-order valence-electron chi connectivity index (χ2n) is 21.2. The average Bonchev–Trinajstić information content (AvgIpc) is 3.43. The molecule has 1 saturated carbocycles. The van der Waals surface area contributed by atoms with Crippen molar-refractivity contribution in [3.05, 3.63) is 48.0 Å². The zero-order chi connectivity index (χ0) is 44.2. The van der Waals surface area contributed by atoms with Crippen LogP contribution < -0.4 is 0 Å². The van der Waals surface area contributed by atoms with Gasteiger partial charge in [0.05, 0.1) is 12.2 Å². The molecule has 0 aromatic heterocycles. The molecule has 1 aromatic carbocycles. The molecule has 0 aliphatic heterocycles. The lowest BCUT2D eigenvalue weighted by Gasteiger charge is -2.46. The van der Waals surface area contributed by atoms with Gasteiger partial charge in [-0.1, -0.05) is 167 Å². The predicted molar refractivity (Wildman–Crippen MR) is 259 cm³/mol. The first-order valence-electron chi connectivity index (χ1n) is 24.0. The molecule has 8 heteroatoms. The molecule has 2 rings (SSSR count). The molecule has 0 saturated heterocycles. The van der Waals surface area contributed by atoms with Crippen LogP contribution in [0.5, 0.6) is 0 Å². The van der Waals surface area contributed by atoms with Gasteiger partial charge in [-0.15, -0.1) is 0 Å². The highest BCUT2D eigenvalue weighted by molar-refractivity contribution is 6.78. The van der Waals surface area contributed by atoms with E-state index >= 15 is 0 Å². The number of hydrogen-bond acceptors (Lipinski definition) is 4. The van der Waals surface area contributed by atoms with E-state index in [9.17, 15) is 9.90 Å². The first kappa shape index (κ1) is 53.1. The number of rotatable bonds is 27. The van der Waals surface area contributed by atoms with E-state index < -0.39 is 30.9 Å². The maximum Gasteiger partial charge on any atom is 0.303 e. The van der Waals surface area contributed by atoms with Crippen molar-refractivity contribution >= 4 is 30.9 Å². The smallest absolute Gasteiger partial charge is 0.303 e. The van der Waals surface area contributed by atoms with Crippen LogP contribution in [0.15, 0.2) is 42.5 Å². The van der Waals surface area contributed by atoms with Gasteiger partial charge in [-0.05, 0) is 119 Å². The summed E-state index contributed by atoms with van der Waals surface area (Å²) in [7, 11) is -6.57. The number of carboxylic acid groups (broad SMARTS) is 1. The van der Waals surface area contributed by atoms with Crippen molar-refractivity contribution in [1.29, 1.82) is 0 Å². The summed E-state index contributed by atoms with van der Waals surface area (Å²) in [5.41, 5.74) is 6.02. The number of unbranched alkanes of at least 4 members (excludes halogenated alkanes) is 1. The molecule has 0 radical (unpaired) electrons. The Morgan fingerprint density at radius 3 is 1.47 bits per heavy atom. The largest absolute Gasteiger partial charge is 0.481 e. The van der Waals surface area contributed by atoms with Crippen LogP contribution in [0.4, 0.5) is 0 Å². The summed E-state index contributed by atoms with van der Waals surface area (Å²) in [4.78, 5) is 11.3. The lowest BCUT2D eigenvalue weighted by molar-refractivity contribution is -0.137. The first-order valence-corrected chi connectivity index (χ1v) is 30.4. The Balaban J connectivity index is 2.79. The number of allylic oxidation sites excluding steroid dienone is 2. The zero-order valence-electron chi connectivity index (χ0n) is 41.1. The van der Waals surface area contributed by atoms with Gasteiger partial charge in [0, 0.05) is 12.5 Å². The second kappa shape index (κ2) is 24.0. The molecule has 336 valence electrons. The molecule has 5 nitrogen and oxygen atoms in total. The van der Waals surface area contributed by atoms with Crippen LogP contribution in [0.25, 0.3) is 0 Å². The van der Waals surface area contributed by atoms with Crippen LogP contribution in [0.1, 0.15) is 182 Å². The van der Waals surface area contributed by atoms with E-state index in [4.69, 9.17) is 13.3 Å². The Labute approximate surface area is 363 Å². The highest BCUT2D eigenvalue weighted by Crippen LogP contribution is 2.53. The van der Waals surface area contributed by atoms with Gasteiger partial charge >= 0.3 is 5.97 Å². The van der Waals surface area contributed by atoms with Gasteiger partial charge in [0.25, 0.3) is 0 Å². The fourth-order valence-electron chi connectivity index (χ4n) is 12.5. The fraction of sp³-hybridized carbons (Fsp3) is 0.820. The van der Waals surface area contributed by atoms with Crippen LogP contribution in [0, 0.1) is 11.8 Å². The Morgan fingerprint density at radius 2 is 1.05 bits per heavy atom. The molecule has 1 aliphatic rings. The normalized spacial score (nSPS) is 20.6. The molecule has 0 amide bonds. The molecular formula is C50H94O5Si3. The third-order valence-electron chi connectivity index (χ3n) is 14.9. The van der Waals surface area contributed by atoms with Gasteiger partial charge < -0.3 is 18.4 Å². The number of hydrogen-bond donors (Lipinski definition) is 1. The van der Waals surface area contributed by atoms with Crippen molar-refractivity contribution in [2.45, 2.75) is 251 Å². The van der Waals surface area contributed by atoms with E-state index in [1.54, 1.807) is 0 Å². The maximum atomic E-state index is 11.3. The van der Waals surface area contributed by atoms with Gasteiger partial charge in [-0.3, -0.25) is 4.79 Å². The number of aryl methyl sites for hydroxylation is 1. The van der Waals surface area contributed by atoms with Gasteiger partial charge in [0.15, 0.2) is 0 Å². The molecule has 58 heavy (non-hydrogen) atoms. The highest BCUT2D eigenvalue weighted by Gasteiger charge is 2.55. The third kappa shape index (κ3) is 13.0. The standard InChI is InChI=1S/C50H94O5Si3/c1-35(2)56(36(3)4,37(5)6)53-45(31-30-44-26-22-21-23-27-44)32-33-47-46(28-24-19-20-25-29-50(51)52)48(54-57(38(7)8,39(9)10)40(11)12)34-49(47)55-58(41(13)14,42(15)16)43(17)18/h19,21-24,26-27,35-43,45-49H,20,25,28-34H2,1-18H3,(H,51,52)/b24-19-/t45?,46-,47-,48+,49-/m1/s1. The van der Waals surface area contributed by atoms with Gasteiger partial charge in [-0.25, -0.2) is 0 Å². The van der Waals surface area contributed by atoms with Crippen LogP contribution in [0.2, 0.25) is 49.9 Å². The summed E-state index contributed by atoms with van der Waals surface area (Å²) in [5.74, 6) is -0.0307. The number of benzene rings is 1. The predicted octanol–water partition coefficient (Wildman–Crippen LogP) is 15.9. The first-order chi connectivity index (χ1) is 27.0. The zero-order valence-corrected chi connectivity index (χ0v) is 44.1. The van der Waals surface area contributed by atoms with Gasteiger partial charge in [0.1, 0.15) is 0 Å². The van der Waals surface area contributed by atoms with Crippen molar-refractivity contribution < 1.29 is 23.2 Å². The molecule has 1 fully saturated rings. The Bertz CT molecular complexity index is 1270. The van der Waals surface area contributed by atoms with Crippen LogP contribution >= 0.6 is 0 Å². The molecule has 1 aliphatic carbocycles. The van der Waals surface area contributed by atoms with E-state index in [1.165, 1.54) is 5.56 Å². The monoisotopic (exact) mass is 859 g/mol. The minimum atomic E-state index is -2.22. The summed E-state index contributed by atoms with van der Waals surface area (Å²) < 4.78 is 23.6. The van der Waals surface area contributed by atoms with Crippen LogP contribution in [-0.4, -0.2) is 54.3 Å². The summed E-state index contributed by atoms with van der Waals surface area (Å²) in [5, 5.41) is 9.31. The number of aliphatic carboxylic acids is 1. The Hall–Kier alpha value is -1.04. The quantitative estimate of drug-likeness (QED) is 0.0542. The van der Waals surface area contributed by atoms with Gasteiger partial charge in [0.2, 0.25) is 25.0 Å². The lowest BCUT2D eigenvalue weighted by atomic mass is 9.85. The van der Waals surface area contributed by atoms with E-state index in [2.05, 4.69) is 167 Å². The topological polar surface area (TPSA) is 65.0 Å². The van der Waals surface area contributed by atoms with E-state index in [0.717, 1.165) is 44.9 Å². The fourth-order valence-corrected chi connectivity index (χ4v) is 29.4. The third-order valence-corrected chi connectivity index (χ3v) is 33.3. The Morgan fingerprint density at radius 1 is 0.621 bits per heavy atom. The minimum Gasteiger partial charge on any atom is -0.481 e. The van der Waals surface area contributed by atoms with Crippen molar-refractivity contribution in [2.24, 2.45) is 11.8 Å². The summed E-state index contributed by atoms with van der Waals surface area (Å²) in [6.07, 6.45) is 12.8. The van der Waals surface area contributed by atoms with Crippen molar-refractivity contribution in [2.75, 3.05) is 0 Å². The van der Waals surface area contributed by atoms with Crippen molar-refractivity contribution in [1.82, 2.24) is 0 Å². The highest BCUT2D eigenvalue weighted by atomic mass is 28.4. The summed E-state index contributed by atoms with van der Waals surface area (Å²) in [6.45, 7) is 43.6. The maximum absolute atomic E-state index is 11.3. The number of carbonyl (C=O) groups is 1. The molecule has 1 aromatic rings. The SMILES string of the molecule is CC(C)[Si](OC(CCc1ccccc1)CC[C@@H]1[C@@H](C/C=C\CCCC(=O)O)[C@@H](O[Si](C(C)C)(C(C)C)C(C)C)C[C@H]1O[Si](C(C)C)(C(C)C)C(C)C)(C(C)C)C(C)C. The molecule has 5 atom stereocenters. The minimum absolute atomic E-state index is 0.134. The van der Waals surface area contributed by atoms with E-state index in [-0.39, 0.29) is 24.7 Å². The molecule has 1 unspecified atom stereocenters. The van der Waals surface area contributed by atoms with Crippen molar-refractivity contribution in [3.63, 3.8) is 0 Å². The molecule has 0 heterocycles. The van der Waals surface area contributed by atoms with Crippen LogP contribution in [-0.2, 0) is 24.5 Å². The average molecular weight is 860 g/mol. The molecule has 1 N–H and O–H groups in total. The second-order valence-corrected chi connectivity index (χ2v) is 37.4. The Kier molecular flexibility index (Phi) is 22.0. The van der Waals surface area contributed by atoms with E-state index in [1.807, 2.05) is 0 Å². The lowest BCUT2D eigenvalue weighted by Crippen LogP contribution is -2.51. The molecule has 0 bridgehead atoms. The van der Waals surface area contributed by atoms with E-state index in [0.29, 0.717) is 68.1 Å². The molecule has 0 spiro atoms. The van der Waals surface area contributed by atoms with Crippen LogP contribution in [0.3, 0.4) is 0 Å². The summed E-state index contributed by atoms with van der Waals surface area (Å²) in [6, 6.07) is 11.0. The van der Waals surface area contributed by atoms with Crippen molar-refractivity contribution in [3.8, 4) is 0 Å². The molecular weight excluding hydrogens is 765 g/mol.